The molecule has 1 aromatic heterocycles. The molecule has 0 aliphatic carbocycles. The summed E-state index contributed by atoms with van der Waals surface area (Å²) in [6.07, 6.45) is 4.07. The second kappa shape index (κ2) is 6.39. The van der Waals surface area contributed by atoms with Crippen molar-refractivity contribution in [2.24, 2.45) is 5.92 Å². The van der Waals surface area contributed by atoms with Crippen LogP contribution >= 0.6 is 0 Å². The number of anilines is 1. The van der Waals surface area contributed by atoms with Crippen molar-refractivity contribution in [2.75, 3.05) is 44.2 Å². The van der Waals surface area contributed by atoms with Crippen LogP contribution in [0.25, 0.3) is 0 Å². The van der Waals surface area contributed by atoms with E-state index in [4.69, 9.17) is 0 Å². The second-order valence-electron chi connectivity index (χ2n) is 5.91. The molecule has 0 aromatic carbocycles. The van der Waals surface area contributed by atoms with Crippen molar-refractivity contribution in [3.05, 3.63) is 18.1 Å². The SMILES string of the molecule is Cc1nccc(N2CCC(CN3CCNCC3=O)CC2)n1. The van der Waals surface area contributed by atoms with E-state index in [1.165, 1.54) is 0 Å². The van der Waals surface area contributed by atoms with Gasteiger partial charge in [-0.05, 0) is 31.7 Å². The third-order valence-electron chi connectivity index (χ3n) is 4.37. The Balaban J connectivity index is 1.52. The minimum Gasteiger partial charge on any atom is -0.356 e. The van der Waals surface area contributed by atoms with Crippen LogP contribution in [-0.2, 0) is 4.79 Å². The molecule has 1 amide bonds. The van der Waals surface area contributed by atoms with Gasteiger partial charge in [0.05, 0.1) is 6.54 Å². The number of aryl methyl sites for hydroxylation is 1. The molecular formula is C15H23N5O. The lowest BCUT2D eigenvalue weighted by atomic mass is 9.96. The van der Waals surface area contributed by atoms with Crippen LogP contribution in [0.5, 0.6) is 0 Å². The number of carbonyl (C=O) groups is 1. The Labute approximate surface area is 125 Å². The van der Waals surface area contributed by atoms with Crippen LogP contribution in [0.3, 0.4) is 0 Å². The zero-order chi connectivity index (χ0) is 14.7. The first-order valence-electron chi connectivity index (χ1n) is 7.75. The van der Waals surface area contributed by atoms with Crippen molar-refractivity contribution >= 4 is 11.7 Å². The summed E-state index contributed by atoms with van der Waals surface area (Å²) in [6, 6.07) is 1.98. The standard InChI is InChI=1S/C15H23N5O/c1-12-17-5-2-14(18-12)19-7-3-13(4-8-19)11-20-9-6-16-10-15(20)21/h2,5,13,16H,3-4,6-11H2,1H3. The van der Waals surface area contributed by atoms with Gasteiger partial charge in [0.25, 0.3) is 0 Å². The van der Waals surface area contributed by atoms with Crippen molar-refractivity contribution in [2.45, 2.75) is 19.8 Å². The zero-order valence-corrected chi connectivity index (χ0v) is 12.6. The van der Waals surface area contributed by atoms with Crippen LogP contribution in [0.1, 0.15) is 18.7 Å². The molecule has 3 rings (SSSR count). The number of amides is 1. The Morgan fingerprint density at radius 1 is 1.33 bits per heavy atom. The molecule has 0 spiro atoms. The Bertz CT molecular complexity index is 499. The number of nitrogens with one attached hydrogen (secondary N) is 1. The van der Waals surface area contributed by atoms with E-state index in [0.717, 1.165) is 57.2 Å². The molecule has 2 saturated heterocycles. The summed E-state index contributed by atoms with van der Waals surface area (Å²) in [5, 5.41) is 3.12. The van der Waals surface area contributed by atoms with E-state index in [1.807, 2.05) is 24.1 Å². The average molecular weight is 289 g/mol. The fourth-order valence-electron chi connectivity index (χ4n) is 3.12. The lowest BCUT2D eigenvalue weighted by molar-refractivity contribution is -0.132. The van der Waals surface area contributed by atoms with E-state index < -0.39 is 0 Å². The average Bonchev–Trinajstić information content (AvgIpc) is 2.50. The van der Waals surface area contributed by atoms with Gasteiger partial charge < -0.3 is 15.1 Å². The van der Waals surface area contributed by atoms with Gasteiger partial charge in [-0.1, -0.05) is 0 Å². The summed E-state index contributed by atoms with van der Waals surface area (Å²) >= 11 is 0. The number of rotatable bonds is 3. The summed E-state index contributed by atoms with van der Waals surface area (Å²) < 4.78 is 0. The molecule has 0 unspecified atom stereocenters. The fourth-order valence-corrected chi connectivity index (χ4v) is 3.12. The molecule has 0 bridgehead atoms. The number of piperidine rings is 1. The Kier molecular flexibility index (Phi) is 4.34. The lowest BCUT2D eigenvalue weighted by Gasteiger charge is -2.36. The quantitative estimate of drug-likeness (QED) is 0.874. The number of hydrogen-bond donors (Lipinski definition) is 1. The molecule has 1 N–H and O–H groups in total. The van der Waals surface area contributed by atoms with Crippen molar-refractivity contribution in [3.63, 3.8) is 0 Å². The first-order chi connectivity index (χ1) is 10.2. The number of aromatic nitrogens is 2. The first kappa shape index (κ1) is 14.3. The molecule has 0 atom stereocenters. The number of piperazine rings is 1. The Morgan fingerprint density at radius 3 is 2.86 bits per heavy atom. The third-order valence-corrected chi connectivity index (χ3v) is 4.37. The third kappa shape index (κ3) is 3.50. The van der Waals surface area contributed by atoms with Crippen LogP contribution in [0, 0.1) is 12.8 Å². The molecule has 0 saturated carbocycles. The molecule has 21 heavy (non-hydrogen) atoms. The summed E-state index contributed by atoms with van der Waals surface area (Å²) in [7, 11) is 0. The predicted octanol–water partition coefficient (Wildman–Crippen LogP) is 0.433. The zero-order valence-electron chi connectivity index (χ0n) is 12.6. The molecule has 0 radical (unpaired) electrons. The van der Waals surface area contributed by atoms with E-state index in [-0.39, 0.29) is 5.91 Å². The maximum atomic E-state index is 11.8. The van der Waals surface area contributed by atoms with Crippen molar-refractivity contribution in [1.82, 2.24) is 20.2 Å². The molecule has 6 heteroatoms. The molecule has 1 aromatic rings. The summed E-state index contributed by atoms with van der Waals surface area (Å²) in [5.41, 5.74) is 0. The van der Waals surface area contributed by atoms with Crippen LogP contribution in [0.15, 0.2) is 12.3 Å². The van der Waals surface area contributed by atoms with E-state index >= 15 is 0 Å². The van der Waals surface area contributed by atoms with Crippen LogP contribution < -0.4 is 10.2 Å². The smallest absolute Gasteiger partial charge is 0.236 e. The summed E-state index contributed by atoms with van der Waals surface area (Å²) in [6.45, 7) is 7.14. The Morgan fingerprint density at radius 2 is 2.14 bits per heavy atom. The monoisotopic (exact) mass is 289 g/mol. The normalized spacial score (nSPS) is 20.9. The molecule has 114 valence electrons. The van der Waals surface area contributed by atoms with Gasteiger partial charge in [-0.25, -0.2) is 9.97 Å². The maximum absolute atomic E-state index is 11.8. The van der Waals surface area contributed by atoms with Gasteiger partial charge in [0.2, 0.25) is 5.91 Å². The lowest BCUT2D eigenvalue weighted by Crippen LogP contribution is -2.50. The van der Waals surface area contributed by atoms with E-state index in [1.54, 1.807) is 0 Å². The summed E-state index contributed by atoms with van der Waals surface area (Å²) in [5.74, 6) is 2.71. The minimum atomic E-state index is 0.245. The van der Waals surface area contributed by atoms with E-state index in [0.29, 0.717) is 12.5 Å². The predicted molar refractivity (Wildman–Crippen MR) is 81.2 cm³/mol. The highest BCUT2D eigenvalue weighted by atomic mass is 16.2. The van der Waals surface area contributed by atoms with Gasteiger partial charge in [0.1, 0.15) is 11.6 Å². The molecular weight excluding hydrogens is 266 g/mol. The number of hydrogen-bond acceptors (Lipinski definition) is 5. The van der Waals surface area contributed by atoms with Gasteiger partial charge in [-0.15, -0.1) is 0 Å². The van der Waals surface area contributed by atoms with Crippen LogP contribution in [-0.4, -0.2) is 60.0 Å². The largest absolute Gasteiger partial charge is 0.356 e. The molecule has 3 heterocycles. The number of carbonyl (C=O) groups excluding carboxylic acids is 1. The van der Waals surface area contributed by atoms with Gasteiger partial charge in [0.15, 0.2) is 0 Å². The van der Waals surface area contributed by atoms with Crippen LogP contribution in [0.4, 0.5) is 5.82 Å². The molecule has 2 fully saturated rings. The highest BCUT2D eigenvalue weighted by Crippen LogP contribution is 2.22. The summed E-state index contributed by atoms with van der Waals surface area (Å²) in [4.78, 5) is 24.8. The van der Waals surface area contributed by atoms with Gasteiger partial charge in [-0.2, -0.15) is 0 Å². The topological polar surface area (TPSA) is 61.4 Å². The van der Waals surface area contributed by atoms with E-state index in [2.05, 4.69) is 20.2 Å². The number of nitrogens with zero attached hydrogens (tertiary/aromatic N) is 4. The fraction of sp³-hybridized carbons (Fsp3) is 0.667. The Hall–Kier alpha value is -1.69. The molecule has 2 aliphatic rings. The first-order valence-corrected chi connectivity index (χ1v) is 7.75. The van der Waals surface area contributed by atoms with Gasteiger partial charge in [-0.3, -0.25) is 4.79 Å². The van der Waals surface area contributed by atoms with Crippen molar-refractivity contribution < 1.29 is 4.79 Å². The van der Waals surface area contributed by atoms with Crippen LogP contribution in [0.2, 0.25) is 0 Å². The van der Waals surface area contributed by atoms with Gasteiger partial charge in [0, 0.05) is 38.9 Å². The highest BCUT2D eigenvalue weighted by molar-refractivity contribution is 5.79. The van der Waals surface area contributed by atoms with E-state index in [9.17, 15) is 4.79 Å². The second-order valence-corrected chi connectivity index (χ2v) is 5.91. The minimum absolute atomic E-state index is 0.245. The maximum Gasteiger partial charge on any atom is 0.236 e. The molecule has 2 aliphatic heterocycles. The van der Waals surface area contributed by atoms with Crippen molar-refractivity contribution in [3.8, 4) is 0 Å². The van der Waals surface area contributed by atoms with Gasteiger partial charge >= 0.3 is 0 Å². The van der Waals surface area contributed by atoms with Crippen molar-refractivity contribution in [1.29, 1.82) is 0 Å². The molecule has 6 nitrogen and oxygen atoms in total. The highest BCUT2D eigenvalue weighted by Gasteiger charge is 2.25.